The number of esters is 1. The van der Waals surface area contributed by atoms with Gasteiger partial charge in [-0.2, -0.15) is 5.26 Å². The van der Waals surface area contributed by atoms with Gasteiger partial charge in [0.15, 0.2) is 6.10 Å². The van der Waals surface area contributed by atoms with Gasteiger partial charge in [-0.1, -0.05) is 36.4 Å². The van der Waals surface area contributed by atoms with E-state index in [2.05, 4.69) is 0 Å². The monoisotopic (exact) mass is 420 g/mol. The van der Waals surface area contributed by atoms with Crippen LogP contribution < -0.4 is 4.90 Å². The number of fused-ring (bicyclic) bond motifs is 1. The third kappa shape index (κ3) is 5.11. The Morgan fingerprint density at radius 2 is 1.84 bits per heavy atom. The first-order chi connectivity index (χ1) is 15.1. The second-order valence-electron chi connectivity index (χ2n) is 6.82. The normalized spacial score (nSPS) is 11.6. The lowest BCUT2D eigenvalue weighted by molar-refractivity contribution is -0.126. The molecule has 3 aromatic rings. The average Bonchev–Trinajstić information content (AvgIpc) is 3.17. The molecule has 0 aliphatic heterocycles. The molecule has 0 saturated heterocycles. The predicted molar refractivity (Wildman–Crippen MR) is 115 cm³/mol. The summed E-state index contributed by atoms with van der Waals surface area (Å²) in [5.41, 5.74) is 1.76. The van der Waals surface area contributed by atoms with E-state index < -0.39 is 18.0 Å². The van der Waals surface area contributed by atoms with Crippen molar-refractivity contribution in [1.82, 2.24) is 0 Å². The lowest BCUT2D eigenvalue weighted by Crippen LogP contribution is -2.40. The molecule has 2 aromatic carbocycles. The number of carbonyl (C=O) groups is 2. The Morgan fingerprint density at radius 1 is 1.13 bits per heavy atom. The number of nitrogens with zero attached hydrogens (tertiary/aromatic N) is 2. The SMILES string of the molecule is CCOCc1c(C(=O)O[C@H](C)C(=O)N(CCC#N)c2ccccc2)oc2ccccc12. The predicted octanol–water partition coefficient (Wildman–Crippen LogP) is 4.46. The summed E-state index contributed by atoms with van der Waals surface area (Å²) < 4.78 is 16.7. The van der Waals surface area contributed by atoms with Crippen LogP contribution in [-0.4, -0.2) is 31.1 Å². The number of amides is 1. The number of hydrogen-bond donors (Lipinski definition) is 0. The van der Waals surface area contributed by atoms with E-state index in [0.717, 1.165) is 5.39 Å². The lowest BCUT2D eigenvalue weighted by Gasteiger charge is -2.25. The summed E-state index contributed by atoms with van der Waals surface area (Å²) in [5, 5.41) is 9.72. The van der Waals surface area contributed by atoms with Crippen LogP contribution in [0.25, 0.3) is 11.0 Å². The highest BCUT2D eigenvalue weighted by atomic mass is 16.6. The second kappa shape index (κ2) is 10.4. The Bertz CT molecular complexity index is 1080. The topological polar surface area (TPSA) is 92.8 Å². The zero-order valence-corrected chi connectivity index (χ0v) is 17.5. The highest BCUT2D eigenvalue weighted by molar-refractivity contribution is 6.00. The van der Waals surface area contributed by atoms with Gasteiger partial charge in [0.25, 0.3) is 5.91 Å². The molecule has 0 radical (unpaired) electrons. The first kappa shape index (κ1) is 22.1. The van der Waals surface area contributed by atoms with Crippen molar-refractivity contribution in [2.75, 3.05) is 18.1 Å². The van der Waals surface area contributed by atoms with E-state index in [-0.39, 0.29) is 25.3 Å². The van der Waals surface area contributed by atoms with Gasteiger partial charge < -0.3 is 18.8 Å². The van der Waals surface area contributed by atoms with Crippen LogP contribution in [0.15, 0.2) is 59.0 Å². The molecule has 7 heteroatoms. The number of anilines is 1. The number of furan rings is 1. The van der Waals surface area contributed by atoms with E-state index >= 15 is 0 Å². The van der Waals surface area contributed by atoms with Crippen LogP contribution in [0.5, 0.6) is 0 Å². The minimum absolute atomic E-state index is 0.0255. The number of nitriles is 1. The van der Waals surface area contributed by atoms with E-state index in [0.29, 0.717) is 23.4 Å². The number of hydrogen-bond acceptors (Lipinski definition) is 6. The Hall–Kier alpha value is -3.63. The molecule has 1 aromatic heterocycles. The Morgan fingerprint density at radius 3 is 2.55 bits per heavy atom. The highest BCUT2D eigenvalue weighted by Crippen LogP contribution is 2.28. The minimum atomic E-state index is -1.07. The molecule has 31 heavy (non-hydrogen) atoms. The molecule has 0 aliphatic carbocycles. The molecule has 0 aliphatic rings. The fraction of sp³-hybridized carbons (Fsp3) is 0.292. The van der Waals surface area contributed by atoms with Crippen molar-refractivity contribution in [3.8, 4) is 6.07 Å². The van der Waals surface area contributed by atoms with Gasteiger partial charge in [-0.3, -0.25) is 4.79 Å². The largest absolute Gasteiger partial charge is 0.449 e. The first-order valence-electron chi connectivity index (χ1n) is 10.1. The van der Waals surface area contributed by atoms with Gasteiger partial charge in [-0.25, -0.2) is 4.79 Å². The van der Waals surface area contributed by atoms with Crippen molar-refractivity contribution < 1.29 is 23.5 Å². The Kier molecular flexibility index (Phi) is 7.41. The zero-order chi connectivity index (χ0) is 22.2. The smallest absolute Gasteiger partial charge is 0.375 e. The van der Waals surface area contributed by atoms with E-state index in [1.807, 2.05) is 37.3 Å². The molecule has 0 fully saturated rings. The number of rotatable bonds is 9. The molecule has 3 rings (SSSR count). The van der Waals surface area contributed by atoms with Gasteiger partial charge in [0.2, 0.25) is 5.76 Å². The van der Waals surface area contributed by atoms with Crippen LogP contribution in [0.3, 0.4) is 0 Å². The van der Waals surface area contributed by atoms with Crippen molar-refractivity contribution in [2.45, 2.75) is 33.0 Å². The van der Waals surface area contributed by atoms with Crippen molar-refractivity contribution in [2.24, 2.45) is 0 Å². The number of para-hydroxylation sites is 2. The number of ether oxygens (including phenoxy) is 2. The molecule has 1 atom stereocenters. The molecule has 7 nitrogen and oxygen atoms in total. The summed E-state index contributed by atoms with van der Waals surface area (Å²) in [4.78, 5) is 27.4. The molecule has 0 saturated carbocycles. The van der Waals surface area contributed by atoms with Crippen LogP contribution in [0, 0.1) is 11.3 Å². The number of benzene rings is 2. The fourth-order valence-corrected chi connectivity index (χ4v) is 3.23. The number of carbonyl (C=O) groups excluding carboxylic acids is 2. The van der Waals surface area contributed by atoms with Gasteiger partial charge in [-0.05, 0) is 32.0 Å². The lowest BCUT2D eigenvalue weighted by atomic mass is 10.1. The van der Waals surface area contributed by atoms with Gasteiger partial charge in [0, 0.05) is 29.8 Å². The van der Waals surface area contributed by atoms with Crippen LogP contribution in [-0.2, 0) is 20.9 Å². The molecule has 0 N–H and O–H groups in total. The standard InChI is InChI=1S/C24H24N2O5/c1-3-29-16-20-19-12-7-8-13-21(19)31-22(20)24(28)30-17(2)23(27)26(15-9-14-25)18-10-5-4-6-11-18/h4-8,10-13,17H,3,9,15-16H2,1-2H3/t17-/m1/s1. The third-order valence-corrected chi connectivity index (χ3v) is 4.75. The summed E-state index contributed by atoms with van der Waals surface area (Å²) in [6.45, 7) is 4.24. The fourth-order valence-electron chi connectivity index (χ4n) is 3.23. The van der Waals surface area contributed by atoms with Crippen molar-refractivity contribution in [3.63, 3.8) is 0 Å². The molecule has 0 bridgehead atoms. The second-order valence-corrected chi connectivity index (χ2v) is 6.82. The molecular weight excluding hydrogens is 396 g/mol. The van der Waals surface area contributed by atoms with Gasteiger partial charge in [0.1, 0.15) is 5.58 Å². The summed E-state index contributed by atoms with van der Waals surface area (Å²) in [6.07, 6.45) is -0.914. The maximum atomic E-state index is 13.0. The minimum Gasteiger partial charge on any atom is -0.449 e. The molecule has 160 valence electrons. The molecule has 0 unspecified atom stereocenters. The highest BCUT2D eigenvalue weighted by Gasteiger charge is 2.29. The molecule has 0 spiro atoms. The molecular formula is C24H24N2O5. The van der Waals surface area contributed by atoms with Crippen molar-refractivity contribution in [3.05, 3.63) is 65.9 Å². The van der Waals surface area contributed by atoms with E-state index in [9.17, 15) is 9.59 Å². The van der Waals surface area contributed by atoms with Gasteiger partial charge in [0.05, 0.1) is 19.1 Å². The van der Waals surface area contributed by atoms with E-state index in [1.165, 1.54) is 11.8 Å². The third-order valence-electron chi connectivity index (χ3n) is 4.75. The van der Waals surface area contributed by atoms with Crippen molar-refractivity contribution >= 4 is 28.5 Å². The maximum absolute atomic E-state index is 13.0. The van der Waals surface area contributed by atoms with Crippen LogP contribution >= 0.6 is 0 Å². The summed E-state index contributed by atoms with van der Waals surface area (Å²) in [5.74, 6) is -1.13. The van der Waals surface area contributed by atoms with E-state index in [4.69, 9.17) is 19.2 Å². The zero-order valence-electron chi connectivity index (χ0n) is 17.5. The summed E-state index contributed by atoms with van der Waals surface area (Å²) >= 11 is 0. The Labute approximate surface area is 180 Å². The van der Waals surface area contributed by atoms with Crippen LogP contribution in [0.4, 0.5) is 5.69 Å². The molecule has 1 amide bonds. The Balaban J connectivity index is 1.82. The quantitative estimate of drug-likeness (QED) is 0.475. The van der Waals surface area contributed by atoms with Crippen molar-refractivity contribution in [1.29, 1.82) is 5.26 Å². The first-order valence-corrected chi connectivity index (χ1v) is 10.1. The van der Waals surface area contributed by atoms with Crippen LogP contribution in [0.1, 0.15) is 36.4 Å². The summed E-state index contributed by atoms with van der Waals surface area (Å²) in [6, 6.07) is 18.3. The van der Waals surface area contributed by atoms with Gasteiger partial charge >= 0.3 is 5.97 Å². The maximum Gasteiger partial charge on any atom is 0.375 e. The van der Waals surface area contributed by atoms with Crippen LogP contribution in [0.2, 0.25) is 0 Å². The van der Waals surface area contributed by atoms with E-state index in [1.54, 1.807) is 30.3 Å². The average molecular weight is 420 g/mol. The summed E-state index contributed by atoms with van der Waals surface area (Å²) in [7, 11) is 0. The molecule has 1 heterocycles. The van der Waals surface area contributed by atoms with Gasteiger partial charge in [-0.15, -0.1) is 0 Å².